The van der Waals surface area contributed by atoms with Crippen molar-refractivity contribution in [1.82, 2.24) is 4.98 Å². The van der Waals surface area contributed by atoms with Crippen LogP contribution in [0.25, 0.3) is 0 Å². The number of hydrogen-bond donors (Lipinski definition) is 2. The molecule has 1 aromatic rings. The Morgan fingerprint density at radius 3 is 2.62 bits per heavy atom. The Balaban J connectivity index is 3.44. The topological polar surface area (TPSA) is 58.9 Å². The van der Waals surface area contributed by atoms with Crippen molar-refractivity contribution >= 4 is 15.9 Å². The third-order valence-corrected chi connectivity index (χ3v) is 2.32. The van der Waals surface area contributed by atoms with Crippen LogP contribution in [-0.4, -0.2) is 4.98 Å². The molecule has 0 aliphatic rings. The number of halogens is 3. The molecule has 0 unspecified atom stereocenters. The second kappa shape index (κ2) is 3.97. The SMILES string of the molecule is NCc1c(Br)c[nH]c(=O)c1C(F)F. The minimum Gasteiger partial charge on any atom is -0.328 e. The van der Waals surface area contributed by atoms with Gasteiger partial charge < -0.3 is 10.7 Å². The van der Waals surface area contributed by atoms with E-state index in [1.54, 1.807) is 0 Å². The van der Waals surface area contributed by atoms with Gasteiger partial charge in [-0.25, -0.2) is 8.78 Å². The van der Waals surface area contributed by atoms with Crippen molar-refractivity contribution in [2.24, 2.45) is 5.73 Å². The molecule has 0 saturated carbocycles. The van der Waals surface area contributed by atoms with Crippen LogP contribution < -0.4 is 11.3 Å². The fourth-order valence-corrected chi connectivity index (χ4v) is 1.49. The van der Waals surface area contributed by atoms with Gasteiger partial charge >= 0.3 is 0 Å². The lowest BCUT2D eigenvalue weighted by Gasteiger charge is -2.06. The highest BCUT2D eigenvalue weighted by molar-refractivity contribution is 9.10. The zero-order valence-corrected chi connectivity index (χ0v) is 8.07. The number of rotatable bonds is 2. The van der Waals surface area contributed by atoms with E-state index in [4.69, 9.17) is 5.73 Å². The van der Waals surface area contributed by atoms with Crippen molar-refractivity contribution in [3.8, 4) is 0 Å². The lowest BCUT2D eigenvalue weighted by molar-refractivity contribution is 0.148. The predicted molar refractivity (Wildman–Crippen MR) is 47.6 cm³/mol. The van der Waals surface area contributed by atoms with Gasteiger partial charge in [0.1, 0.15) is 0 Å². The first kappa shape index (κ1) is 10.3. The number of hydrogen-bond acceptors (Lipinski definition) is 2. The normalized spacial score (nSPS) is 10.8. The number of nitrogens with two attached hydrogens (primary N) is 1. The first-order valence-corrected chi connectivity index (χ1v) is 4.25. The summed E-state index contributed by atoms with van der Waals surface area (Å²) in [5.41, 5.74) is 4.04. The van der Waals surface area contributed by atoms with Gasteiger partial charge in [0.05, 0.1) is 5.56 Å². The van der Waals surface area contributed by atoms with E-state index in [0.717, 1.165) is 0 Å². The Bertz CT molecular complexity index is 364. The van der Waals surface area contributed by atoms with Crippen molar-refractivity contribution < 1.29 is 8.78 Å². The molecular weight excluding hydrogens is 246 g/mol. The van der Waals surface area contributed by atoms with E-state index in [2.05, 4.69) is 20.9 Å². The van der Waals surface area contributed by atoms with Crippen LogP contribution in [0.1, 0.15) is 17.6 Å². The van der Waals surface area contributed by atoms with Crippen LogP contribution in [-0.2, 0) is 6.54 Å². The Hall–Kier alpha value is -0.750. The molecule has 0 spiro atoms. The Labute approximate surface area is 81.1 Å². The largest absolute Gasteiger partial charge is 0.328 e. The molecule has 1 aromatic heterocycles. The molecule has 0 radical (unpaired) electrons. The lowest BCUT2D eigenvalue weighted by Crippen LogP contribution is -2.18. The van der Waals surface area contributed by atoms with Crippen LogP contribution in [0.2, 0.25) is 0 Å². The predicted octanol–water partition coefficient (Wildman–Crippen LogP) is 1.53. The highest BCUT2D eigenvalue weighted by atomic mass is 79.9. The molecule has 1 rings (SSSR count). The molecular formula is C7H7BrF2N2O. The summed E-state index contributed by atoms with van der Waals surface area (Å²) in [7, 11) is 0. The zero-order valence-electron chi connectivity index (χ0n) is 6.48. The van der Waals surface area contributed by atoms with Crippen LogP contribution in [0.4, 0.5) is 8.78 Å². The van der Waals surface area contributed by atoms with Gasteiger partial charge in [-0.2, -0.15) is 0 Å². The minimum atomic E-state index is -2.81. The standard InChI is InChI=1S/C7H7BrF2N2O/c8-4-2-12-7(13)5(6(9)10)3(4)1-11/h2,6H,1,11H2,(H,12,13). The number of H-pyrrole nitrogens is 1. The molecule has 13 heavy (non-hydrogen) atoms. The van der Waals surface area contributed by atoms with Gasteiger partial charge in [0.15, 0.2) is 0 Å². The van der Waals surface area contributed by atoms with Crippen LogP contribution in [0.5, 0.6) is 0 Å². The van der Waals surface area contributed by atoms with E-state index in [1.807, 2.05) is 0 Å². The van der Waals surface area contributed by atoms with Crippen LogP contribution in [0, 0.1) is 0 Å². The molecule has 0 aliphatic heterocycles. The third-order valence-electron chi connectivity index (χ3n) is 1.61. The van der Waals surface area contributed by atoms with Crippen molar-refractivity contribution in [3.05, 3.63) is 32.2 Å². The summed E-state index contributed by atoms with van der Waals surface area (Å²) in [5.74, 6) is 0. The van der Waals surface area contributed by atoms with Crippen molar-refractivity contribution in [2.75, 3.05) is 0 Å². The maximum absolute atomic E-state index is 12.4. The maximum atomic E-state index is 12.4. The summed E-state index contributed by atoms with van der Waals surface area (Å²) in [4.78, 5) is 13.2. The molecule has 3 N–H and O–H groups in total. The third kappa shape index (κ3) is 1.94. The molecule has 0 saturated heterocycles. The van der Waals surface area contributed by atoms with Crippen LogP contribution in [0.3, 0.4) is 0 Å². The number of alkyl halides is 2. The fraction of sp³-hybridized carbons (Fsp3) is 0.286. The van der Waals surface area contributed by atoms with E-state index in [1.165, 1.54) is 6.20 Å². The van der Waals surface area contributed by atoms with Gasteiger partial charge in [-0.05, 0) is 21.5 Å². The lowest BCUT2D eigenvalue weighted by atomic mass is 10.1. The van der Waals surface area contributed by atoms with Gasteiger partial charge in [-0.15, -0.1) is 0 Å². The van der Waals surface area contributed by atoms with Crippen LogP contribution >= 0.6 is 15.9 Å². The summed E-state index contributed by atoms with van der Waals surface area (Å²) in [6.45, 7) is -0.0931. The monoisotopic (exact) mass is 252 g/mol. The van der Waals surface area contributed by atoms with Gasteiger partial charge in [0.2, 0.25) is 0 Å². The molecule has 3 nitrogen and oxygen atoms in total. The number of aromatic amines is 1. The molecule has 0 aliphatic carbocycles. The average Bonchev–Trinajstić information content (AvgIpc) is 2.07. The molecule has 1 heterocycles. The van der Waals surface area contributed by atoms with Gasteiger partial charge in [0.25, 0.3) is 12.0 Å². The summed E-state index contributed by atoms with van der Waals surface area (Å²) < 4.78 is 25.1. The number of nitrogens with one attached hydrogen (secondary N) is 1. The molecule has 0 amide bonds. The first-order valence-electron chi connectivity index (χ1n) is 3.46. The molecule has 72 valence electrons. The summed E-state index contributed by atoms with van der Waals surface area (Å²) in [6.07, 6.45) is -1.50. The smallest absolute Gasteiger partial charge is 0.269 e. The Kier molecular flexibility index (Phi) is 3.16. The summed E-state index contributed by atoms with van der Waals surface area (Å²) >= 11 is 3.03. The van der Waals surface area contributed by atoms with Crippen molar-refractivity contribution in [3.63, 3.8) is 0 Å². The Morgan fingerprint density at radius 2 is 2.23 bits per heavy atom. The van der Waals surface area contributed by atoms with E-state index in [9.17, 15) is 13.6 Å². The number of aromatic nitrogens is 1. The quantitative estimate of drug-likeness (QED) is 0.839. The molecule has 0 bridgehead atoms. The fourth-order valence-electron chi connectivity index (χ4n) is 0.998. The molecule has 0 atom stereocenters. The second-order valence-corrected chi connectivity index (χ2v) is 3.22. The average molecular weight is 253 g/mol. The minimum absolute atomic E-state index is 0.0931. The van der Waals surface area contributed by atoms with Gasteiger partial charge in [-0.1, -0.05) is 0 Å². The van der Waals surface area contributed by atoms with E-state index in [-0.39, 0.29) is 12.1 Å². The highest BCUT2D eigenvalue weighted by Gasteiger charge is 2.18. The van der Waals surface area contributed by atoms with Gasteiger partial charge in [0, 0.05) is 17.2 Å². The first-order chi connectivity index (χ1) is 6.07. The highest BCUT2D eigenvalue weighted by Crippen LogP contribution is 2.24. The summed E-state index contributed by atoms with van der Waals surface area (Å²) in [5, 5.41) is 0. The van der Waals surface area contributed by atoms with Gasteiger partial charge in [-0.3, -0.25) is 4.79 Å². The second-order valence-electron chi connectivity index (χ2n) is 2.36. The van der Waals surface area contributed by atoms with Crippen molar-refractivity contribution in [2.45, 2.75) is 13.0 Å². The van der Waals surface area contributed by atoms with E-state index < -0.39 is 17.5 Å². The maximum Gasteiger partial charge on any atom is 0.269 e. The number of pyridine rings is 1. The van der Waals surface area contributed by atoms with E-state index >= 15 is 0 Å². The summed E-state index contributed by atoms with van der Waals surface area (Å²) in [6, 6.07) is 0. The Morgan fingerprint density at radius 1 is 1.62 bits per heavy atom. The molecule has 0 fully saturated rings. The molecule has 0 aromatic carbocycles. The van der Waals surface area contributed by atoms with Crippen LogP contribution in [0.15, 0.2) is 15.5 Å². The van der Waals surface area contributed by atoms with E-state index in [0.29, 0.717) is 4.47 Å². The van der Waals surface area contributed by atoms with Crippen molar-refractivity contribution in [1.29, 1.82) is 0 Å². The zero-order chi connectivity index (χ0) is 10.0. The molecule has 6 heteroatoms.